The van der Waals surface area contributed by atoms with Crippen molar-refractivity contribution in [3.63, 3.8) is 0 Å². The highest BCUT2D eigenvalue weighted by molar-refractivity contribution is 9.11. The molecule has 7 heteroatoms. The number of nitrogens with zero attached hydrogens (tertiary/aromatic N) is 1. The van der Waals surface area contributed by atoms with Crippen LogP contribution in [0.2, 0.25) is 0 Å². The van der Waals surface area contributed by atoms with E-state index in [1.807, 2.05) is 48.5 Å². The molecule has 0 amide bonds. The second kappa shape index (κ2) is 9.39. The predicted molar refractivity (Wildman–Crippen MR) is 123 cm³/mol. The van der Waals surface area contributed by atoms with Crippen LogP contribution in [0.4, 0.5) is 0 Å². The van der Waals surface area contributed by atoms with E-state index in [1.165, 1.54) is 0 Å². The van der Waals surface area contributed by atoms with Crippen molar-refractivity contribution >= 4 is 54.6 Å². The first-order chi connectivity index (χ1) is 14.5. The maximum atomic E-state index is 12.0. The largest absolute Gasteiger partial charge is 0.348 e. The summed E-state index contributed by atoms with van der Waals surface area (Å²) in [5.74, 6) is 0.181. The Morgan fingerprint density at radius 3 is 2.43 bits per heavy atom. The number of carbonyl (C=O) groups excluding carboxylic acids is 1. The van der Waals surface area contributed by atoms with Gasteiger partial charge in [0, 0.05) is 26.8 Å². The molecule has 2 heterocycles. The highest BCUT2D eigenvalue weighted by Crippen LogP contribution is 2.25. The highest BCUT2D eigenvalue weighted by Gasteiger charge is 2.18. The summed E-state index contributed by atoms with van der Waals surface area (Å²) in [6, 6.07) is 15.1. The molecule has 1 aromatic heterocycles. The van der Waals surface area contributed by atoms with Gasteiger partial charge < -0.3 is 14.0 Å². The molecule has 5 nitrogen and oxygen atoms in total. The molecule has 5 rings (SSSR count). The van der Waals surface area contributed by atoms with Gasteiger partial charge in [-0.2, -0.15) is 0 Å². The number of carbonyl (C=O) groups is 1. The lowest BCUT2D eigenvalue weighted by atomic mass is 9.97. The van der Waals surface area contributed by atoms with Crippen LogP contribution in [0.3, 0.4) is 0 Å². The van der Waals surface area contributed by atoms with Crippen molar-refractivity contribution in [2.24, 2.45) is 0 Å². The van der Waals surface area contributed by atoms with Gasteiger partial charge in [0.2, 0.25) is 0 Å². The number of pyridine rings is 1. The number of hydrogen-bond acceptors (Lipinski definition) is 4. The Labute approximate surface area is 190 Å². The second-order valence-electron chi connectivity index (χ2n) is 6.92. The van der Waals surface area contributed by atoms with Crippen molar-refractivity contribution in [3.8, 4) is 0 Å². The molecule has 1 aliphatic carbocycles. The molecule has 0 radical (unpaired) electrons. The Balaban J connectivity index is 0.000000158. The molecule has 30 heavy (non-hydrogen) atoms. The lowest BCUT2D eigenvalue weighted by molar-refractivity contribution is -0.114. The number of hydrogen-bond donors (Lipinski definition) is 0. The van der Waals surface area contributed by atoms with E-state index < -0.39 is 0 Å². The lowest BCUT2D eigenvalue weighted by Crippen LogP contribution is -2.26. The van der Waals surface area contributed by atoms with Gasteiger partial charge in [0.25, 0.3) is 5.56 Å². The molecule has 2 aliphatic rings. The predicted octanol–water partition coefficient (Wildman–Crippen LogP) is 4.72. The molecule has 0 spiro atoms. The Bertz CT molecular complexity index is 1180. The molecule has 1 fully saturated rings. The minimum atomic E-state index is -0.327. The van der Waals surface area contributed by atoms with E-state index >= 15 is 0 Å². The Hall–Kier alpha value is -2.06. The van der Waals surface area contributed by atoms with E-state index in [9.17, 15) is 9.59 Å². The quantitative estimate of drug-likeness (QED) is 0.479. The molecule has 3 aromatic rings. The van der Waals surface area contributed by atoms with Crippen LogP contribution in [0, 0.1) is 0 Å². The van der Waals surface area contributed by atoms with Crippen LogP contribution >= 0.6 is 31.9 Å². The Kier molecular flexibility index (Phi) is 6.63. The molecular weight excluding hydrogens is 514 g/mol. The van der Waals surface area contributed by atoms with Crippen molar-refractivity contribution in [3.05, 3.63) is 85.0 Å². The van der Waals surface area contributed by atoms with E-state index in [0.717, 1.165) is 31.0 Å². The normalized spacial score (nSPS) is 15.7. The van der Waals surface area contributed by atoms with Gasteiger partial charge in [-0.1, -0.05) is 56.1 Å². The van der Waals surface area contributed by atoms with Gasteiger partial charge >= 0.3 is 0 Å². The van der Waals surface area contributed by atoms with Gasteiger partial charge in [0.1, 0.15) is 0 Å². The topological polar surface area (TPSA) is 57.5 Å². The molecular formula is C23H19Br2NO4. The average Bonchev–Trinajstić information content (AvgIpc) is 3.24. The number of rotatable bonds is 2. The first-order valence-corrected chi connectivity index (χ1v) is 11.1. The van der Waals surface area contributed by atoms with Crippen molar-refractivity contribution < 1.29 is 14.3 Å². The SMILES string of the molecule is O=C1C=Cc2c(Br)cccc2C1.O=c1ccc2c(Br)cccc2n1CC1OCCO1. The van der Waals surface area contributed by atoms with Crippen LogP contribution in [-0.2, 0) is 27.2 Å². The number of allylic oxidation sites excluding steroid dienone is 1. The van der Waals surface area contributed by atoms with Gasteiger partial charge in [-0.05, 0) is 41.5 Å². The van der Waals surface area contributed by atoms with Gasteiger partial charge in [-0.25, -0.2) is 0 Å². The molecule has 2 aromatic carbocycles. The van der Waals surface area contributed by atoms with Gasteiger partial charge in [-0.15, -0.1) is 0 Å². The number of ether oxygens (including phenoxy) is 2. The van der Waals surface area contributed by atoms with E-state index in [-0.39, 0.29) is 17.6 Å². The molecule has 1 saturated heterocycles. The van der Waals surface area contributed by atoms with Crippen molar-refractivity contribution in [2.45, 2.75) is 19.3 Å². The number of aromatic nitrogens is 1. The van der Waals surface area contributed by atoms with E-state index in [0.29, 0.717) is 26.2 Å². The van der Waals surface area contributed by atoms with E-state index in [1.54, 1.807) is 16.7 Å². The van der Waals surface area contributed by atoms with Crippen molar-refractivity contribution in [1.29, 1.82) is 0 Å². The van der Waals surface area contributed by atoms with Crippen LogP contribution in [0.5, 0.6) is 0 Å². The van der Waals surface area contributed by atoms with Crippen molar-refractivity contribution in [1.82, 2.24) is 4.57 Å². The molecule has 154 valence electrons. The fourth-order valence-electron chi connectivity index (χ4n) is 3.48. The fraction of sp³-hybridized carbons (Fsp3) is 0.217. The zero-order valence-corrected chi connectivity index (χ0v) is 19.2. The third kappa shape index (κ3) is 4.64. The van der Waals surface area contributed by atoms with Crippen LogP contribution in [0.15, 0.2) is 68.3 Å². The molecule has 0 unspecified atom stereocenters. The molecule has 1 aliphatic heterocycles. The van der Waals surface area contributed by atoms with Gasteiger partial charge in [0.05, 0.1) is 25.3 Å². The summed E-state index contributed by atoms with van der Waals surface area (Å²) >= 11 is 6.93. The number of halogens is 2. The van der Waals surface area contributed by atoms with E-state index in [2.05, 4.69) is 31.9 Å². The smallest absolute Gasteiger partial charge is 0.251 e. The summed E-state index contributed by atoms with van der Waals surface area (Å²) in [7, 11) is 0. The minimum absolute atomic E-state index is 0.0419. The van der Waals surface area contributed by atoms with E-state index in [4.69, 9.17) is 9.47 Å². The summed E-state index contributed by atoms with van der Waals surface area (Å²) in [5.41, 5.74) is 3.09. The zero-order chi connectivity index (χ0) is 21.1. The lowest BCUT2D eigenvalue weighted by Gasteiger charge is -2.14. The van der Waals surface area contributed by atoms with Gasteiger partial charge in [0.15, 0.2) is 12.1 Å². The molecule has 0 atom stereocenters. The van der Waals surface area contributed by atoms with Crippen LogP contribution < -0.4 is 5.56 Å². The molecule has 0 N–H and O–H groups in total. The molecule has 0 bridgehead atoms. The fourth-order valence-corrected chi connectivity index (χ4v) is 4.51. The zero-order valence-electron chi connectivity index (χ0n) is 16.0. The summed E-state index contributed by atoms with van der Waals surface area (Å²) in [5, 5.41) is 1.01. The average molecular weight is 533 g/mol. The minimum Gasteiger partial charge on any atom is -0.348 e. The third-order valence-electron chi connectivity index (χ3n) is 4.95. The monoisotopic (exact) mass is 531 g/mol. The van der Waals surface area contributed by atoms with Crippen LogP contribution in [0.25, 0.3) is 17.0 Å². The standard InChI is InChI=1S/C13H12BrNO3.C10H7BrO/c14-10-2-1-3-11-9(10)4-5-12(16)15(11)8-13-17-6-7-18-13;11-10-3-1-2-7-6-8(12)4-5-9(7)10/h1-5,13H,6-8H2;1-5H,6H2. The first-order valence-electron chi connectivity index (χ1n) is 9.52. The highest BCUT2D eigenvalue weighted by atomic mass is 79.9. The summed E-state index contributed by atoms with van der Waals surface area (Å²) in [6.07, 6.45) is 3.70. The molecule has 0 saturated carbocycles. The number of benzene rings is 2. The maximum Gasteiger partial charge on any atom is 0.251 e. The summed E-state index contributed by atoms with van der Waals surface area (Å²) < 4.78 is 14.5. The first kappa shape index (κ1) is 21.2. The third-order valence-corrected chi connectivity index (χ3v) is 6.33. The maximum absolute atomic E-state index is 12.0. The van der Waals surface area contributed by atoms with Crippen LogP contribution in [0.1, 0.15) is 11.1 Å². The number of ketones is 1. The van der Waals surface area contributed by atoms with Gasteiger partial charge in [-0.3, -0.25) is 9.59 Å². The Morgan fingerprint density at radius 1 is 0.900 bits per heavy atom. The Morgan fingerprint density at radius 2 is 1.63 bits per heavy atom. The summed E-state index contributed by atoms with van der Waals surface area (Å²) in [4.78, 5) is 23.0. The number of fused-ring (bicyclic) bond motifs is 2. The van der Waals surface area contributed by atoms with Crippen LogP contribution in [-0.4, -0.2) is 29.9 Å². The summed E-state index contributed by atoms with van der Waals surface area (Å²) in [6.45, 7) is 1.61. The van der Waals surface area contributed by atoms with Crippen molar-refractivity contribution in [2.75, 3.05) is 13.2 Å². The second-order valence-corrected chi connectivity index (χ2v) is 8.62.